The van der Waals surface area contributed by atoms with Gasteiger partial charge >= 0.3 is 0 Å². The van der Waals surface area contributed by atoms with E-state index in [9.17, 15) is 9.59 Å². The molecule has 1 aromatic heterocycles. The number of carbonyl (C=O) groups excluding carboxylic acids is 2. The summed E-state index contributed by atoms with van der Waals surface area (Å²) < 4.78 is 0. The van der Waals surface area contributed by atoms with Crippen molar-refractivity contribution in [3.05, 3.63) is 89.7 Å². The van der Waals surface area contributed by atoms with Crippen molar-refractivity contribution in [3.8, 4) is 6.07 Å². The molecule has 1 N–H and O–H groups in total. The largest absolute Gasteiger partial charge is 0.319 e. The molecular formula is C22H18N4O2. The number of hydrogen-bond donors (Lipinski definition) is 1. The number of rotatable bonds is 5. The molecule has 0 spiro atoms. The van der Waals surface area contributed by atoms with E-state index in [-0.39, 0.29) is 17.3 Å². The molecule has 3 aromatic rings. The lowest BCUT2D eigenvalue weighted by Crippen LogP contribution is -2.31. The van der Waals surface area contributed by atoms with Crippen LogP contribution in [-0.2, 0) is 0 Å². The molecule has 6 nitrogen and oxygen atoms in total. The third kappa shape index (κ3) is 4.05. The molecule has 0 fully saturated rings. The minimum atomic E-state index is -0.486. The number of benzene rings is 2. The summed E-state index contributed by atoms with van der Waals surface area (Å²) in [5.41, 5.74) is 1.78. The van der Waals surface area contributed by atoms with Crippen LogP contribution in [0, 0.1) is 11.3 Å². The summed E-state index contributed by atoms with van der Waals surface area (Å²) in [6, 6.07) is 22.7. The number of nitriles is 1. The van der Waals surface area contributed by atoms with Gasteiger partial charge in [-0.05, 0) is 43.3 Å². The zero-order chi connectivity index (χ0) is 19.9. The molecule has 0 aliphatic rings. The van der Waals surface area contributed by atoms with Crippen LogP contribution in [0.3, 0.4) is 0 Å². The van der Waals surface area contributed by atoms with Crippen molar-refractivity contribution in [2.24, 2.45) is 0 Å². The van der Waals surface area contributed by atoms with E-state index in [2.05, 4.69) is 10.3 Å². The van der Waals surface area contributed by atoms with Gasteiger partial charge in [0.05, 0.1) is 11.3 Å². The fraction of sp³-hybridized carbons (Fsp3) is 0.0909. The Kier molecular flexibility index (Phi) is 5.78. The van der Waals surface area contributed by atoms with Crippen LogP contribution in [0.15, 0.2) is 72.8 Å². The van der Waals surface area contributed by atoms with Gasteiger partial charge in [-0.25, -0.2) is 4.98 Å². The Balaban J connectivity index is 1.84. The highest BCUT2D eigenvalue weighted by Gasteiger charge is 2.19. The van der Waals surface area contributed by atoms with Crippen molar-refractivity contribution in [1.82, 2.24) is 4.98 Å². The van der Waals surface area contributed by atoms with E-state index in [1.165, 1.54) is 6.07 Å². The SMILES string of the molecule is CCN(C(=O)c1cccc(C(=O)Nc2ccccc2C#N)n1)c1ccccc1. The second kappa shape index (κ2) is 8.60. The second-order valence-electron chi connectivity index (χ2n) is 5.90. The van der Waals surface area contributed by atoms with E-state index in [0.29, 0.717) is 17.8 Å². The first-order valence-electron chi connectivity index (χ1n) is 8.78. The number of hydrogen-bond acceptors (Lipinski definition) is 4. The van der Waals surface area contributed by atoms with Crippen LogP contribution in [0.5, 0.6) is 0 Å². The van der Waals surface area contributed by atoms with Gasteiger partial charge in [0.2, 0.25) is 0 Å². The highest BCUT2D eigenvalue weighted by molar-refractivity contribution is 6.07. The van der Waals surface area contributed by atoms with Crippen LogP contribution in [0.4, 0.5) is 11.4 Å². The van der Waals surface area contributed by atoms with Crippen LogP contribution in [0.1, 0.15) is 33.5 Å². The highest BCUT2D eigenvalue weighted by atomic mass is 16.2. The monoisotopic (exact) mass is 370 g/mol. The van der Waals surface area contributed by atoms with E-state index in [0.717, 1.165) is 5.69 Å². The van der Waals surface area contributed by atoms with Crippen molar-refractivity contribution >= 4 is 23.2 Å². The van der Waals surface area contributed by atoms with Crippen LogP contribution < -0.4 is 10.2 Å². The Morgan fingerprint density at radius 2 is 1.64 bits per heavy atom. The lowest BCUT2D eigenvalue weighted by atomic mass is 10.2. The van der Waals surface area contributed by atoms with E-state index >= 15 is 0 Å². The van der Waals surface area contributed by atoms with Gasteiger partial charge in [-0.15, -0.1) is 0 Å². The topological polar surface area (TPSA) is 86.1 Å². The van der Waals surface area contributed by atoms with Gasteiger partial charge in [-0.2, -0.15) is 5.26 Å². The number of nitrogens with zero attached hydrogens (tertiary/aromatic N) is 3. The molecule has 0 saturated carbocycles. The van der Waals surface area contributed by atoms with Gasteiger partial charge in [0.25, 0.3) is 11.8 Å². The first kappa shape index (κ1) is 18.8. The van der Waals surface area contributed by atoms with E-state index in [1.54, 1.807) is 41.3 Å². The molecule has 0 aliphatic heterocycles. The van der Waals surface area contributed by atoms with Crippen LogP contribution >= 0.6 is 0 Å². The van der Waals surface area contributed by atoms with Gasteiger partial charge in [0.1, 0.15) is 17.5 Å². The summed E-state index contributed by atoms with van der Waals surface area (Å²) in [5, 5.41) is 11.8. The summed E-state index contributed by atoms with van der Waals surface area (Å²) in [7, 11) is 0. The molecule has 0 unspecified atom stereocenters. The van der Waals surface area contributed by atoms with E-state index in [4.69, 9.17) is 5.26 Å². The molecule has 28 heavy (non-hydrogen) atoms. The molecular weight excluding hydrogens is 352 g/mol. The molecule has 0 saturated heterocycles. The van der Waals surface area contributed by atoms with Crippen LogP contribution in [0.2, 0.25) is 0 Å². The Hall–Kier alpha value is -3.98. The maximum atomic E-state index is 12.9. The summed E-state index contributed by atoms with van der Waals surface area (Å²) in [6.07, 6.45) is 0. The molecule has 6 heteroatoms. The Labute approximate surface area is 163 Å². The molecule has 3 rings (SSSR count). The van der Waals surface area contributed by atoms with Gasteiger partial charge in [0, 0.05) is 12.2 Å². The predicted molar refractivity (Wildman–Crippen MR) is 107 cm³/mol. The smallest absolute Gasteiger partial charge is 0.276 e. The molecule has 2 amide bonds. The highest BCUT2D eigenvalue weighted by Crippen LogP contribution is 2.17. The van der Waals surface area contributed by atoms with E-state index < -0.39 is 5.91 Å². The molecule has 0 radical (unpaired) electrons. The number of nitrogens with one attached hydrogen (secondary N) is 1. The maximum absolute atomic E-state index is 12.9. The normalized spacial score (nSPS) is 10.0. The number of amides is 2. The van der Waals surface area contributed by atoms with Crippen molar-refractivity contribution in [1.29, 1.82) is 5.26 Å². The van der Waals surface area contributed by atoms with Crippen LogP contribution in [-0.4, -0.2) is 23.3 Å². The average molecular weight is 370 g/mol. The minimum absolute atomic E-state index is 0.0997. The summed E-state index contributed by atoms with van der Waals surface area (Å²) in [5.74, 6) is -0.777. The summed E-state index contributed by atoms with van der Waals surface area (Å²) in [6.45, 7) is 2.34. The molecule has 0 bridgehead atoms. The Morgan fingerprint density at radius 1 is 0.964 bits per heavy atom. The van der Waals surface area contributed by atoms with Crippen molar-refractivity contribution < 1.29 is 9.59 Å². The second-order valence-corrected chi connectivity index (χ2v) is 5.90. The average Bonchev–Trinajstić information content (AvgIpc) is 2.75. The zero-order valence-electron chi connectivity index (χ0n) is 15.3. The fourth-order valence-corrected chi connectivity index (χ4v) is 2.75. The maximum Gasteiger partial charge on any atom is 0.276 e. The number of para-hydroxylation sites is 2. The lowest BCUT2D eigenvalue weighted by Gasteiger charge is -2.20. The third-order valence-corrected chi connectivity index (χ3v) is 4.13. The molecule has 0 aliphatic carbocycles. The minimum Gasteiger partial charge on any atom is -0.319 e. The standard InChI is InChI=1S/C22H18N4O2/c1-2-26(17-10-4-3-5-11-17)22(28)20-14-8-13-19(24-20)21(27)25-18-12-7-6-9-16(18)15-23/h3-14H,2H2,1H3,(H,25,27). The molecule has 1 heterocycles. The zero-order valence-corrected chi connectivity index (χ0v) is 15.3. The Morgan fingerprint density at radius 3 is 2.36 bits per heavy atom. The van der Waals surface area contributed by atoms with Gasteiger partial charge in [-0.3, -0.25) is 9.59 Å². The lowest BCUT2D eigenvalue weighted by molar-refractivity contribution is 0.0983. The van der Waals surface area contributed by atoms with E-state index in [1.807, 2.05) is 43.3 Å². The Bertz CT molecular complexity index is 1040. The number of anilines is 2. The first-order chi connectivity index (χ1) is 13.6. The fourth-order valence-electron chi connectivity index (χ4n) is 2.75. The van der Waals surface area contributed by atoms with Crippen molar-refractivity contribution in [2.45, 2.75) is 6.92 Å². The first-order valence-corrected chi connectivity index (χ1v) is 8.78. The molecule has 2 aromatic carbocycles. The van der Waals surface area contributed by atoms with Crippen molar-refractivity contribution in [2.75, 3.05) is 16.8 Å². The quantitative estimate of drug-likeness (QED) is 0.739. The molecule has 138 valence electrons. The third-order valence-electron chi connectivity index (χ3n) is 4.13. The number of aromatic nitrogens is 1. The predicted octanol–water partition coefficient (Wildman–Crippen LogP) is 3.87. The molecule has 0 atom stereocenters. The number of pyridine rings is 1. The number of carbonyl (C=O) groups is 2. The van der Waals surface area contributed by atoms with Crippen LogP contribution in [0.25, 0.3) is 0 Å². The van der Waals surface area contributed by atoms with Gasteiger partial charge in [-0.1, -0.05) is 36.4 Å². The van der Waals surface area contributed by atoms with Gasteiger partial charge in [0.15, 0.2) is 0 Å². The summed E-state index contributed by atoms with van der Waals surface area (Å²) in [4.78, 5) is 31.3. The summed E-state index contributed by atoms with van der Waals surface area (Å²) >= 11 is 0. The van der Waals surface area contributed by atoms with Crippen molar-refractivity contribution in [3.63, 3.8) is 0 Å². The van der Waals surface area contributed by atoms with Gasteiger partial charge < -0.3 is 10.2 Å².